The number of rotatable bonds is 3. The summed E-state index contributed by atoms with van der Waals surface area (Å²) in [5, 5.41) is 14.1. The summed E-state index contributed by atoms with van der Waals surface area (Å²) in [5.74, 6) is -0.709. The summed E-state index contributed by atoms with van der Waals surface area (Å²) >= 11 is 5.25. The zero-order valence-corrected chi connectivity index (χ0v) is 15.9. The smallest absolute Gasteiger partial charge is 0.269 e. The Kier molecular flexibility index (Phi) is 3.95. The Morgan fingerprint density at radius 2 is 2.07 bits per heavy atom. The molecule has 1 aromatic carbocycles. The van der Waals surface area contributed by atoms with Crippen molar-refractivity contribution in [3.63, 3.8) is 0 Å². The number of nitrogens with one attached hydrogen (secondary N) is 1. The molecule has 1 N–H and O–H groups in total. The number of carbonyl (C=O) groups excluding carboxylic acids is 2. The van der Waals surface area contributed by atoms with Crippen LogP contribution >= 0.6 is 12.2 Å². The largest absolute Gasteiger partial charge is 0.367 e. The van der Waals surface area contributed by atoms with Gasteiger partial charge in [-0.2, -0.15) is 0 Å². The van der Waals surface area contributed by atoms with Gasteiger partial charge in [0.05, 0.1) is 4.92 Å². The summed E-state index contributed by atoms with van der Waals surface area (Å²) < 4.78 is 0. The Bertz CT molecular complexity index is 884. The van der Waals surface area contributed by atoms with Crippen LogP contribution in [0.4, 0.5) is 11.4 Å². The maximum absolute atomic E-state index is 13.5. The molecule has 1 spiro atoms. The lowest BCUT2D eigenvalue weighted by atomic mass is 9.69. The van der Waals surface area contributed by atoms with Crippen LogP contribution in [0.3, 0.4) is 0 Å². The maximum atomic E-state index is 13.5. The Hall–Kier alpha value is -2.55. The fourth-order valence-electron chi connectivity index (χ4n) is 4.34. The first-order valence-corrected chi connectivity index (χ1v) is 9.45. The Balaban J connectivity index is 1.85. The van der Waals surface area contributed by atoms with Gasteiger partial charge in [0.1, 0.15) is 0 Å². The highest BCUT2D eigenvalue weighted by Crippen LogP contribution is 2.46. The van der Waals surface area contributed by atoms with E-state index >= 15 is 0 Å². The summed E-state index contributed by atoms with van der Waals surface area (Å²) in [5.41, 5.74) is 0.0697. The minimum atomic E-state index is -1.34. The van der Waals surface area contributed by atoms with E-state index in [1.807, 2.05) is 18.7 Å². The molecule has 0 bridgehead atoms. The third kappa shape index (κ3) is 2.44. The first-order valence-electron chi connectivity index (χ1n) is 9.04. The minimum Gasteiger partial charge on any atom is -0.367 e. The number of hydrogen-bond donors (Lipinski definition) is 1. The van der Waals surface area contributed by atoms with Crippen LogP contribution in [0.25, 0.3) is 0 Å². The molecule has 9 heteroatoms. The van der Waals surface area contributed by atoms with Gasteiger partial charge in [-0.25, -0.2) is 0 Å². The van der Waals surface area contributed by atoms with Gasteiger partial charge in [-0.15, -0.1) is 0 Å². The molecule has 1 aliphatic carbocycles. The quantitative estimate of drug-likeness (QED) is 0.367. The van der Waals surface area contributed by atoms with Gasteiger partial charge in [0.2, 0.25) is 11.8 Å². The van der Waals surface area contributed by atoms with Crippen molar-refractivity contribution in [3.8, 4) is 0 Å². The monoisotopic (exact) mass is 388 g/mol. The standard InChI is InChI=1S/C18H20N4O4S/c1-3-20-10(2)18(9-11-8-13(22(25)26)6-7-14(11)20)15(23)19-17(27)21(16(18)24)12-4-5-12/h6-8,10,12H,3-5,9H2,1-2H3,(H,19,23,27)/t10-,18+/m1/s1. The third-order valence-corrected chi connectivity index (χ3v) is 6.23. The average Bonchev–Trinajstić information content (AvgIpc) is 3.44. The molecule has 0 unspecified atom stereocenters. The first-order chi connectivity index (χ1) is 12.8. The number of non-ortho nitro benzene ring substituents is 1. The molecule has 142 valence electrons. The fourth-order valence-corrected chi connectivity index (χ4v) is 4.66. The number of nitro benzene ring substituents is 1. The topological polar surface area (TPSA) is 95.8 Å². The third-order valence-electron chi connectivity index (χ3n) is 5.93. The van der Waals surface area contributed by atoms with Crippen molar-refractivity contribution in [2.75, 3.05) is 11.4 Å². The fraction of sp³-hybridized carbons (Fsp3) is 0.500. The van der Waals surface area contributed by atoms with Gasteiger partial charge in [0.25, 0.3) is 5.69 Å². The molecule has 0 aromatic heterocycles. The second-order valence-corrected chi connectivity index (χ2v) is 7.73. The Morgan fingerprint density at radius 3 is 2.67 bits per heavy atom. The van der Waals surface area contributed by atoms with Crippen molar-refractivity contribution < 1.29 is 14.5 Å². The van der Waals surface area contributed by atoms with Crippen molar-refractivity contribution in [3.05, 3.63) is 33.9 Å². The van der Waals surface area contributed by atoms with E-state index in [0.29, 0.717) is 12.1 Å². The summed E-state index contributed by atoms with van der Waals surface area (Å²) in [6.45, 7) is 4.38. The number of fused-ring (bicyclic) bond motifs is 1. The van der Waals surface area contributed by atoms with Crippen LogP contribution in [0, 0.1) is 15.5 Å². The van der Waals surface area contributed by atoms with Crippen molar-refractivity contribution in [1.29, 1.82) is 0 Å². The van der Waals surface area contributed by atoms with Gasteiger partial charge >= 0.3 is 0 Å². The molecule has 0 radical (unpaired) electrons. The molecule has 1 saturated heterocycles. The van der Waals surface area contributed by atoms with Crippen LogP contribution in [-0.2, 0) is 16.0 Å². The highest BCUT2D eigenvalue weighted by atomic mass is 32.1. The number of hydrogen-bond acceptors (Lipinski definition) is 6. The molecule has 3 aliphatic rings. The predicted octanol–water partition coefficient (Wildman–Crippen LogP) is 1.76. The molecule has 1 aromatic rings. The van der Waals surface area contributed by atoms with Crippen LogP contribution in [0.2, 0.25) is 0 Å². The van der Waals surface area contributed by atoms with Crippen LogP contribution in [-0.4, -0.2) is 45.4 Å². The molecular formula is C18H20N4O4S. The lowest BCUT2D eigenvalue weighted by Gasteiger charge is -2.51. The summed E-state index contributed by atoms with van der Waals surface area (Å²) in [6, 6.07) is 4.28. The van der Waals surface area contributed by atoms with E-state index in [1.54, 1.807) is 11.0 Å². The second-order valence-electron chi connectivity index (χ2n) is 7.35. The molecular weight excluding hydrogens is 368 g/mol. The summed E-state index contributed by atoms with van der Waals surface area (Å²) in [4.78, 5) is 40.9. The van der Waals surface area contributed by atoms with E-state index in [9.17, 15) is 19.7 Å². The number of carbonyl (C=O) groups is 2. The maximum Gasteiger partial charge on any atom is 0.269 e. The van der Waals surface area contributed by atoms with E-state index in [1.165, 1.54) is 12.1 Å². The normalized spacial score (nSPS) is 27.6. The van der Waals surface area contributed by atoms with Crippen LogP contribution in [0.1, 0.15) is 32.3 Å². The van der Waals surface area contributed by atoms with Gasteiger partial charge in [0, 0.05) is 42.9 Å². The number of nitrogens with zero attached hydrogens (tertiary/aromatic N) is 3. The Labute approximate surface area is 161 Å². The van der Waals surface area contributed by atoms with Crippen molar-refractivity contribution in [1.82, 2.24) is 10.2 Å². The number of thiocarbonyl (C=S) groups is 1. The van der Waals surface area contributed by atoms with Gasteiger partial charge in [-0.1, -0.05) is 0 Å². The van der Waals surface area contributed by atoms with Crippen molar-refractivity contribution in [2.45, 2.75) is 45.2 Å². The van der Waals surface area contributed by atoms with Crippen molar-refractivity contribution >= 4 is 40.5 Å². The van der Waals surface area contributed by atoms with E-state index in [0.717, 1.165) is 18.5 Å². The van der Waals surface area contributed by atoms with E-state index in [-0.39, 0.29) is 29.2 Å². The van der Waals surface area contributed by atoms with Gasteiger partial charge < -0.3 is 10.2 Å². The highest BCUT2D eigenvalue weighted by Gasteiger charge is 2.61. The first kappa shape index (κ1) is 17.8. The van der Waals surface area contributed by atoms with Crippen LogP contribution in [0.15, 0.2) is 18.2 Å². The van der Waals surface area contributed by atoms with Crippen molar-refractivity contribution in [2.24, 2.45) is 5.41 Å². The zero-order chi connectivity index (χ0) is 19.5. The van der Waals surface area contributed by atoms with Gasteiger partial charge in [-0.05, 0) is 50.5 Å². The van der Waals surface area contributed by atoms with Crippen LogP contribution < -0.4 is 10.2 Å². The number of anilines is 1. The number of benzene rings is 1. The second kappa shape index (κ2) is 5.98. The molecule has 1 saturated carbocycles. The SMILES string of the molecule is CCN1c2ccc([N+](=O)[O-])cc2C[C@@]2(C(=O)NC(=S)N(C3CC3)C2=O)[C@H]1C. The van der Waals surface area contributed by atoms with Crippen LogP contribution in [0.5, 0.6) is 0 Å². The number of nitro groups is 1. The summed E-state index contributed by atoms with van der Waals surface area (Å²) in [6.07, 6.45) is 1.86. The molecule has 2 heterocycles. The molecule has 2 fully saturated rings. The average molecular weight is 388 g/mol. The number of amides is 2. The summed E-state index contributed by atoms with van der Waals surface area (Å²) in [7, 11) is 0. The van der Waals surface area contributed by atoms with E-state index < -0.39 is 22.3 Å². The van der Waals surface area contributed by atoms with Gasteiger partial charge in [0.15, 0.2) is 10.5 Å². The lowest BCUT2D eigenvalue weighted by Crippen LogP contribution is -2.71. The molecule has 8 nitrogen and oxygen atoms in total. The van der Waals surface area contributed by atoms with Gasteiger partial charge in [-0.3, -0.25) is 24.6 Å². The van der Waals surface area contributed by atoms with E-state index in [2.05, 4.69) is 5.32 Å². The molecule has 2 aliphatic heterocycles. The van der Waals surface area contributed by atoms with E-state index in [4.69, 9.17) is 12.2 Å². The highest BCUT2D eigenvalue weighted by molar-refractivity contribution is 7.80. The Morgan fingerprint density at radius 1 is 1.37 bits per heavy atom. The molecule has 4 rings (SSSR count). The predicted molar refractivity (Wildman–Crippen MR) is 102 cm³/mol. The minimum absolute atomic E-state index is 0.0382. The lowest BCUT2D eigenvalue weighted by molar-refractivity contribution is -0.384. The molecule has 2 amide bonds. The zero-order valence-electron chi connectivity index (χ0n) is 15.1. The molecule has 2 atom stereocenters. The molecule has 27 heavy (non-hydrogen) atoms.